The summed E-state index contributed by atoms with van der Waals surface area (Å²) in [6.45, 7) is 7.20. The largest absolute Gasteiger partial charge is 0.480 e. The maximum atomic E-state index is 12.4. The highest BCUT2D eigenvalue weighted by Crippen LogP contribution is 2.29. The van der Waals surface area contributed by atoms with Gasteiger partial charge in [-0.05, 0) is 43.4 Å². The average molecular weight is 385 g/mol. The number of rotatable bonds is 6. The van der Waals surface area contributed by atoms with Gasteiger partial charge in [0.25, 0.3) is 0 Å². The molecule has 0 saturated heterocycles. The molecular weight excluding hydrogens is 362 g/mol. The van der Waals surface area contributed by atoms with Crippen LogP contribution < -0.4 is 10.9 Å². The van der Waals surface area contributed by atoms with Crippen LogP contribution in [0.3, 0.4) is 0 Å². The number of carbonyl (C=O) groups excluding carboxylic acids is 1. The van der Waals surface area contributed by atoms with E-state index in [2.05, 4.69) is 5.32 Å². The van der Waals surface area contributed by atoms with Crippen LogP contribution in [0, 0.1) is 19.8 Å². The van der Waals surface area contributed by atoms with Crippen LogP contribution in [0.1, 0.15) is 37.0 Å². The first-order chi connectivity index (χ1) is 13.2. The van der Waals surface area contributed by atoms with Gasteiger partial charge in [-0.15, -0.1) is 0 Å². The van der Waals surface area contributed by atoms with Crippen molar-refractivity contribution in [2.24, 2.45) is 5.92 Å². The normalized spacial score (nSPS) is 12.6. The molecule has 0 aliphatic heterocycles. The smallest absolute Gasteiger partial charge is 0.339 e. The number of fused-ring (bicyclic) bond motifs is 2. The molecule has 0 unspecified atom stereocenters. The van der Waals surface area contributed by atoms with E-state index in [9.17, 15) is 19.5 Å². The molecule has 1 amide bonds. The fourth-order valence-corrected chi connectivity index (χ4v) is 3.32. The van der Waals surface area contributed by atoms with E-state index in [0.717, 1.165) is 21.9 Å². The minimum atomic E-state index is -1.08. The molecule has 0 radical (unpaired) electrons. The Hall–Kier alpha value is -3.09. The highest BCUT2D eigenvalue weighted by atomic mass is 16.4. The topological polar surface area (TPSA) is 110 Å². The lowest BCUT2D eigenvalue weighted by Gasteiger charge is -2.17. The SMILES string of the molecule is Cc1coc2cc3oc(=O)c(CCC(=O)N[C@H](C(=O)O)C(C)C)c(C)c3cc12. The van der Waals surface area contributed by atoms with E-state index in [1.807, 2.05) is 19.9 Å². The molecule has 28 heavy (non-hydrogen) atoms. The van der Waals surface area contributed by atoms with Crippen molar-refractivity contribution in [2.75, 3.05) is 0 Å². The van der Waals surface area contributed by atoms with Crippen LogP contribution in [0.25, 0.3) is 21.9 Å². The van der Waals surface area contributed by atoms with Crippen molar-refractivity contribution in [1.82, 2.24) is 5.32 Å². The number of carboxylic acids is 1. The fourth-order valence-electron chi connectivity index (χ4n) is 3.32. The Bertz CT molecular complexity index is 1120. The third-order valence-corrected chi connectivity index (χ3v) is 5.03. The van der Waals surface area contributed by atoms with Crippen molar-refractivity contribution in [2.45, 2.75) is 46.6 Å². The molecule has 0 spiro atoms. The second-order valence-corrected chi connectivity index (χ2v) is 7.38. The van der Waals surface area contributed by atoms with Gasteiger partial charge in [-0.25, -0.2) is 9.59 Å². The molecule has 1 aromatic carbocycles. The number of amides is 1. The van der Waals surface area contributed by atoms with E-state index in [0.29, 0.717) is 16.7 Å². The molecule has 148 valence electrons. The molecule has 7 heteroatoms. The zero-order valence-electron chi connectivity index (χ0n) is 16.3. The van der Waals surface area contributed by atoms with E-state index >= 15 is 0 Å². The van der Waals surface area contributed by atoms with Crippen LogP contribution in [-0.4, -0.2) is 23.0 Å². The second-order valence-electron chi connectivity index (χ2n) is 7.38. The molecule has 3 aromatic rings. The summed E-state index contributed by atoms with van der Waals surface area (Å²) in [5, 5.41) is 13.4. The Labute approximate surface area is 161 Å². The molecule has 2 aromatic heterocycles. The van der Waals surface area contributed by atoms with Crippen molar-refractivity contribution in [1.29, 1.82) is 0 Å². The number of hydrogen-bond acceptors (Lipinski definition) is 5. The van der Waals surface area contributed by atoms with Crippen LogP contribution in [0.15, 0.2) is 32.0 Å². The van der Waals surface area contributed by atoms with Crippen LogP contribution >= 0.6 is 0 Å². The Balaban J connectivity index is 1.87. The summed E-state index contributed by atoms with van der Waals surface area (Å²) in [6.07, 6.45) is 1.82. The summed E-state index contributed by atoms with van der Waals surface area (Å²) >= 11 is 0. The first kappa shape index (κ1) is 19.7. The summed E-state index contributed by atoms with van der Waals surface area (Å²) < 4.78 is 10.9. The van der Waals surface area contributed by atoms with Crippen molar-refractivity contribution >= 4 is 33.8 Å². The van der Waals surface area contributed by atoms with Crippen molar-refractivity contribution in [3.05, 3.63) is 45.5 Å². The van der Waals surface area contributed by atoms with E-state index in [1.165, 1.54) is 0 Å². The predicted molar refractivity (Wildman–Crippen MR) is 104 cm³/mol. The lowest BCUT2D eigenvalue weighted by Crippen LogP contribution is -2.44. The molecule has 2 N–H and O–H groups in total. The fraction of sp³-hybridized carbons (Fsp3) is 0.381. The van der Waals surface area contributed by atoms with Crippen molar-refractivity contribution < 1.29 is 23.5 Å². The van der Waals surface area contributed by atoms with Gasteiger partial charge < -0.3 is 19.3 Å². The van der Waals surface area contributed by atoms with E-state index in [1.54, 1.807) is 26.2 Å². The first-order valence-corrected chi connectivity index (χ1v) is 9.15. The number of carbonyl (C=O) groups is 2. The molecular formula is C21H23NO6. The van der Waals surface area contributed by atoms with Crippen molar-refractivity contribution in [3.8, 4) is 0 Å². The Morgan fingerprint density at radius 2 is 1.86 bits per heavy atom. The molecule has 2 heterocycles. The molecule has 1 atom stereocenters. The maximum absolute atomic E-state index is 12.4. The molecule has 0 bridgehead atoms. The third kappa shape index (κ3) is 3.65. The minimum absolute atomic E-state index is 0.000584. The van der Waals surface area contributed by atoms with Gasteiger partial charge in [0.1, 0.15) is 17.2 Å². The highest BCUT2D eigenvalue weighted by molar-refractivity contribution is 5.96. The quantitative estimate of drug-likeness (QED) is 0.630. The van der Waals surface area contributed by atoms with Gasteiger partial charge >= 0.3 is 11.6 Å². The van der Waals surface area contributed by atoms with Gasteiger partial charge in [-0.1, -0.05) is 13.8 Å². The van der Waals surface area contributed by atoms with Gasteiger partial charge in [0.2, 0.25) is 5.91 Å². The maximum Gasteiger partial charge on any atom is 0.339 e. The predicted octanol–water partition coefficient (Wildman–Crippen LogP) is 3.31. The van der Waals surface area contributed by atoms with Crippen LogP contribution in [0.2, 0.25) is 0 Å². The lowest BCUT2D eigenvalue weighted by atomic mass is 10.00. The molecule has 0 aliphatic rings. The molecule has 0 aliphatic carbocycles. The molecule has 7 nitrogen and oxygen atoms in total. The Morgan fingerprint density at radius 3 is 2.50 bits per heavy atom. The molecule has 3 rings (SSSR count). The van der Waals surface area contributed by atoms with Gasteiger partial charge in [0, 0.05) is 28.8 Å². The zero-order valence-corrected chi connectivity index (χ0v) is 16.3. The minimum Gasteiger partial charge on any atom is -0.480 e. The average Bonchev–Trinajstić information content (AvgIpc) is 2.97. The number of aliphatic carboxylic acids is 1. The zero-order chi connectivity index (χ0) is 20.6. The monoisotopic (exact) mass is 385 g/mol. The second kappa shape index (κ2) is 7.50. The van der Waals surface area contributed by atoms with Crippen molar-refractivity contribution in [3.63, 3.8) is 0 Å². The van der Waals surface area contributed by atoms with Gasteiger partial charge in [-0.3, -0.25) is 4.79 Å². The first-order valence-electron chi connectivity index (χ1n) is 9.15. The Kier molecular flexibility index (Phi) is 5.27. The summed E-state index contributed by atoms with van der Waals surface area (Å²) in [4.78, 5) is 35.8. The van der Waals surface area contributed by atoms with E-state index in [4.69, 9.17) is 8.83 Å². The number of furan rings is 1. The van der Waals surface area contributed by atoms with Crippen LogP contribution in [0.4, 0.5) is 0 Å². The molecule has 0 saturated carbocycles. The standard InChI is InChI=1S/C21H23NO6/c1-10(2)19(20(24)25)22-18(23)6-5-13-12(4)15-7-14-11(3)9-27-16(14)8-17(15)28-21(13)26/h7-10,19H,5-6H2,1-4H3,(H,22,23)(H,24,25)/t19-/m0/s1. The summed E-state index contributed by atoms with van der Waals surface area (Å²) in [5.41, 5.74) is 2.73. The number of hydrogen-bond donors (Lipinski definition) is 2. The summed E-state index contributed by atoms with van der Waals surface area (Å²) in [7, 11) is 0. The van der Waals surface area contributed by atoms with E-state index in [-0.39, 0.29) is 18.8 Å². The molecule has 0 fully saturated rings. The van der Waals surface area contributed by atoms with E-state index < -0.39 is 23.5 Å². The number of carboxylic acid groups (broad SMARTS) is 1. The summed E-state index contributed by atoms with van der Waals surface area (Å²) in [6, 6.07) is 2.66. The van der Waals surface area contributed by atoms with Crippen LogP contribution in [-0.2, 0) is 16.0 Å². The van der Waals surface area contributed by atoms with Gasteiger partial charge in [-0.2, -0.15) is 0 Å². The summed E-state index contributed by atoms with van der Waals surface area (Å²) in [5.74, 6) is -1.74. The Morgan fingerprint density at radius 1 is 1.14 bits per heavy atom. The number of benzene rings is 1. The number of aryl methyl sites for hydroxylation is 2. The third-order valence-electron chi connectivity index (χ3n) is 5.03. The number of nitrogens with one attached hydrogen (secondary N) is 1. The van der Waals surface area contributed by atoms with Gasteiger partial charge in [0.15, 0.2) is 0 Å². The lowest BCUT2D eigenvalue weighted by molar-refractivity contribution is -0.143. The van der Waals surface area contributed by atoms with Gasteiger partial charge in [0.05, 0.1) is 6.26 Å². The highest BCUT2D eigenvalue weighted by Gasteiger charge is 2.23. The van der Waals surface area contributed by atoms with Crippen LogP contribution in [0.5, 0.6) is 0 Å².